The highest BCUT2D eigenvalue weighted by Crippen LogP contribution is 2.35. The minimum Gasteiger partial charge on any atom is -0.450 e. The molecule has 0 saturated carbocycles. The maximum Gasteiger partial charge on any atom is 0.404 e. The molecule has 0 saturated heterocycles. The van der Waals surface area contributed by atoms with Gasteiger partial charge in [-0.3, -0.25) is 4.79 Å². The molecule has 0 heterocycles. The van der Waals surface area contributed by atoms with Gasteiger partial charge >= 0.3 is 10.9 Å². The van der Waals surface area contributed by atoms with E-state index < -0.39 is 10.9 Å². The molecule has 0 N–H and O–H groups in total. The Kier molecular flexibility index (Phi) is 23.7. The first-order chi connectivity index (χ1) is 20.4. The van der Waals surface area contributed by atoms with Gasteiger partial charge in [0.1, 0.15) is 18.0 Å². The molecular formula is C39H76Cl2O5. The average Bonchev–Trinajstić information content (AvgIpc) is 2.79. The molecule has 0 fully saturated rings. The van der Waals surface area contributed by atoms with E-state index in [0.29, 0.717) is 34.4 Å². The summed E-state index contributed by atoms with van der Waals surface area (Å²) in [6.45, 7) is 40.6. The minimum absolute atomic E-state index is 0.0543. The smallest absolute Gasteiger partial charge is 0.404 e. The quantitative estimate of drug-likeness (QED) is 0.179. The second kappa shape index (κ2) is 22.0. The number of ether oxygens (including phenoxy) is 2. The number of halogens is 2. The summed E-state index contributed by atoms with van der Waals surface area (Å²) in [4.78, 5) is 33.3. The van der Waals surface area contributed by atoms with Crippen molar-refractivity contribution in [3.8, 4) is 0 Å². The molecule has 5 nitrogen and oxygen atoms in total. The zero-order chi connectivity index (χ0) is 37.4. The van der Waals surface area contributed by atoms with E-state index in [4.69, 9.17) is 32.7 Å². The minimum atomic E-state index is -0.719. The summed E-state index contributed by atoms with van der Waals surface area (Å²) >= 11 is 10.4. The first-order valence-corrected chi connectivity index (χ1v) is 18.4. The van der Waals surface area contributed by atoms with Crippen molar-refractivity contribution < 1.29 is 23.9 Å². The third kappa shape index (κ3) is 26.2. The third-order valence-corrected chi connectivity index (χ3v) is 8.48. The molecule has 0 spiro atoms. The van der Waals surface area contributed by atoms with Crippen molar-refractivity contribution in [3.63, 3.8) is 0 Å². The number of rotatable bonds is 13. The van der Waals surface area contributed by atoms with Crippen molar-refractivity contribution in [1.29, 1.82) is 0 Å². The number of hydrogen-bond donors (Lipinski definition) is 0. The summed E-state index contributed by atoms with van der Waals surface area (Å²) in [5.74, 6) is 2.50. The van der Waals surface area contributed by atoms with Crippen LogP contribution in [0.5, 0.6) is 0 Å². The average molecular weight is 696 g/mol. The van der Waals surface area contributed by atoms with E-state index in [0.717, 1.165) is 25.7 Å². The van der Waals surface area contributed by atoms with E-state index in [1.807, 2.05) is 34.6 Å². The standard InChI is InChI=1S/C19H38O.C11H21ClO2.C9H17ClO2/c1-14(12-18(4,5)6)10-11-17(16(3)20)15(2)13-19(7,8)9;1-6-8(7-2)9(11(3,4)5)14-10(12)13;1-6(2)7(9(3,4)5)12-8(10)11/h14-15,17H,10-13H2,1-9H3;8-9H,6-7H2,1-5H3;6-7H,1-5H3. The fourth-order valence-electron chi connectivity index (χ4n) is 6.82. The maximum atomic E-state index is 12.0. The SMILES string of the molecule is CC(=O)C(CCC(C)CC(C)(C)C)C(C)CC(C)(C)C.CC(C)C(OC(=O)Cl)C(C)(C)C.CCC(CC)C(OC(=O)Cl)C(C)(C)C. The monoisotopic (exact) mass is 695 g/mol. The predicted octanol–water partition coefficient (Wildman–Crippen LogP) is 13.8. The Morgan fingerprint density at radius 3 is 1.22 bits per heavy atom. The number of Topliss-reactive ketones (excluding diaryl/α,β-unsaturated/α-hetero) is 1. The van der Waals surface area contributed by atoms with Crippen LogP contribution in [0.3, 0.4) is 0 Å². The highest BCUT2D eigenvalue weighted by Gasteiger charge is 2.34. The Balaban J connectivity index is -0.000000628. The number of ketones is 1. The van der Waals surface area contributed by atoms with Crippen LogP contribution in [-0.2, 0) is 14.3 Å². The van der Waals surface area contributed by atoms with Crippen molar-refractivity contribution in [2.24, 2.45) is 51.2 Å². The van der Waals surface area contributed by atoms with Crippen molar-refractivity contribution in [3.05, 3.63) is 0 Å². The van der Waals surface area contributed by atoms with Gasteiger partial charge in [-0.25, -0.2) is 9.59 Å². The van der Waals surface area contributed by atoms with Crippen LogP contribution in [-0.4, -0.2) is 28.8 Å². The summed E-state index contributed by atoms with van der Waals surface area (Å²) in [6, 6.07) is 0. The van der Waals surface area contributed by atoms with Gasteiger partial charge < -0.3 is 9.47 Å². The first kappa shape index (κ1) is 49.6. The highest BCUT2D eigenvalue weighted by atomic mass is 35.5. The Hall–Kier alpha value is -0.810. The van der Waals surface area contributed by atoms with Gasteiger partial charge in [-0.05, 0) is 90.8 Å². The van der Waals surface area contributed by atoms with Crippen molar-refractivity contribution in [1.82, 2.24) is 0 Å². The molecule has 0 rings (SSSR count). The van der Waals surface area contributed by atoms with E-state index in [1.54, 1.807) is 6.92 Å². The van der Waals surface area contributed by atoms with Gasteiger partial charge in [-0.2, -0.15) is 0 Å². The Bertz CT molecular complexity index is 852. The summed E-state index contributed by atoms with van der Waals surface area (Å²) < 4.78 is 10.2. The molecule has 0 aromatic heterocycles. The Morgan fingerprint density at radius 2 is 0.978 bits per heavy atom. The lowest BCUT2D eigenvalue weighted by Crippen LogP contribution is -2.36. The number of carbonyl (C=O) groups excluding carboxylic acids is 3. The van der Waals surface area contributed by atoms with Gasteiger partial charge in [0.25, 0.3) is 0 Å². The van der Waals surface area contributed by atoms with Crippen LogP contribution in [0.1, 0.15) is 170 Å². The Labute approximate surface area is 296 Å². The highest BCUT2D eigenvalue weighted by molar-refractivity contribution is 6.61. The van der Waals surface area contributed by atoms with Crippen LogP contribution in [0.4, 0.5) is 9.59 Å². The van der Waals surface area contributed by atoms with E-state index >= 15 is 0 Å². The van der Waals surface area contributed by atoms with E-state index in [9.17, 15) is 14.4 Å². The van der Waals surface area contributed by atoms with Crippen LogP contribution in [0, 0.1) is 51.2 Å². The molecular weight excluding hydrogens is 619 g/mol. The topological polar surface area (TPSA) is 69.7 Å². The number of carbonyl (C=O) groups is 3. The number of hydrogen-bond acceptors (Lipinski definition) is 5. The molecule has 0 aromatic carbocycles. The van der Waals surface area contributed by atoms with Crippen LogP contribution in [0.25, 0.3) is 0 Å². The van der Waals surface area contributed by atoms with Crippen LogP contribution in [0.15, 0.2) is 0 Å². The zero-order valence-electron chi connectivity index (χ0n) is 33.6. The van der Waals surface area contributed by atoms with Crippen molar-refractivity contribution in [2.45, 2.75) is 182 Å². The summed E-state index contributed by atoms with van der Waals surface area (Å²) in [5.41, 5.74) is -0.827. The molecule has 276 valence electrons. The first-order valence-electron chi connectivity index (χ1n) is 17.6. The Morgan fingerprint density at radius 1 is 0.609 bits per heavy atom. The molecule has 5 atom stereocenters. The molecule has 0 aliphatic carbocycles. The summed E-state index contributed by atoms with van der Waals surface area (Å²) in [7, 11) is 0. The van der Waals surface area contributed by atoms with Crippen LogP contribution in [0.2, 0.25) is 0 Å². The van der Waals surface area contributed by atoms with Crippen LogP contribution >= 0.6 is 23.2 Å². The predicted molar refractivity (Wildman–Crippen MR) is 200 cm³/mol. The lowest BCUT2D eigenvalue weighted by Gasteiger charge is -2.35. The van der Waals surface area contributed by atoms with Crippen molar-refractivity contribution >= 4 is 39.8 Å². The van der Waals surface area contributed by atoms with E-state index in [-0.39, 0.29) is 34.9 Å². The largest absolute Gasteiger partial charge is 0.450 e. The molecule has 0 bridgehead atoms. The maximum absolute atomic E-state index is 12.0. The molecule has 0 aliphatic heterocycles. The molecule has 0 radical (unpaired) electrons. The van der Waals surface area contributed by atoms with E-state index in [1.165, 1.54) is 12.8 Å². The van der Waals surface area contributed by atoms with Gasteiger partial charge in [-0.15, -0.1) is 0 Å². The fourth-order valence-corrected chi connectivity index (χ4v) is 7.01. The second-order valence-electron chi connectivity index (χ2n) is 18.5. The van der Waals surface area contributed by atoms with Gasteiger partial charge in [0, 0.05) is 29.1 Å². The van der Waals surface area contributed by atoms with Gasteiger partial charge in [0.15, 0.2) is 0 Å². The van der Waals surface area contributed by atoms with Gasteiger partial charge in [-0.1, -0.05) is 125 Å². The summed E-state index contributed by atoms with van der Waals surface area (Å²) in [6.07, 6.45) is 6.39. The molecule has 0 aliphatic rings. The van der Waals surface area contributed by atoms with Gasteiger partial charge in [0.05, 0.1) is 0 Å². The third-order valence-electron chi connectivity index (χ3n) is 8.30. The molecule has 5 unspecified atom stereocenters. The molecule has 7 heteroatoms. The van der Waals surface area contributed by atoms with Gasteiger partial charge in [0.2, 0.25) is 0 Å². The fraction of sp³-hybridized carbons (Fsp3) is 0.923. The lowest BCUT2D eigenvalue weighted by atomic mass is 9.75. The molecule has 0 aromatic rings. The van der Waals surface area contributed by atoms with Crippen molar-refractivity contribution in [2.75, 3.05) is 0 Å². The molecule has 0 amide bonds. The summed E-state index contributed by atoms with van der Waals surface area (Å²) in [5, 5.41) is 0. The normalized spacial score (nSPS) is 15.8. The zero-order valence-corrected chi connectivity index (χ0v) is 35.1. The lowest BCUT2D eigenvalue weighted by molar-refractivity contribution is -0.122. The molecule has 46 heavy (non-hydrogen) atoms. The second-order valence-corrected chi connectivity index (χ2v) is 19.1. The van der Waals surface area contributed by atoms with Crippen LogP contribution < -0.4 is 0 Å². The van der Waals surface area contributed by atoms with E-state index in [2.05, 4.69) is 90.0 Å².